The van der Waals surface area contributed by atoms with Gasteiger partial charge in [-0.2, -0.15) is 0 Å². The lowest BCUT2D eigenvalue weighted by molar-refractivity contribution is -0.119. The number of hydrogen-bond acceptors (Lipinski definition) is 8. The molecular formula is C28H26ClFN8O2. The maximum atomic E-state index is 15.5. The first-order valence-corrected chi connectivity index (χ1v) is 13.2. The van der Waals surface area contributed by atoms with Gasteiger partial charge in [0.15, 0.2) is 0 Å². The van der Waals surface area contributed by atoms with Crippen LogP contribution in [0.1, 0.15) is 11.5 Å². The van der Waals surface area contributed by atoms with Crippen molar-refractivity contribution in [3.8, 4) is 22.9 Å². The number of carbonyl (C=O) groups is 1. The van der Waals surface area contributed by atoms with Crippen LogP contribution in [0.5, 0.6) is 11.8 Å². The largest absolute Gasteiger partial charge is 0.424 e. The van der Waals surface area contributed by atoms with Crippen LogP contribution in [0.2, 0.25) is 5.02 Å². The van der Waals surface area contributed by atoms with E-state index in [0.717, 1.165) is 22.4 Å². The molecule has 12 heteroatoms. The second-order valence-corrected chi connectivity index (χ2v) is 10.1. The molecule has 3 aromatic heterocycles. The lowest BCUT2D eigenvalue weighted by atomic mass is 10.0. The molecule has 0 atom stereocenters. The van der Waals surface area contributed by atoms with Crippen molar-refractivity contribution in [2.45, 2.75) is 13.8 Å². The van der Waals surface area contributed by atoms with Gasteiger partial charge in [-0.05, 0) is 38.1 Å². The zero-order valence-corrected chi connectivity index (χ0v) is 22.7. The van der Waals surface area contributed by atoms with Gasteiger partial charge in [-0.3, -0.25) is 14.7 Å². The Kier molecular flexibility index (Phi) is 6.68. The smallest absolute Gasteiger partial charge is 0.322 e. The summed E-state index contributed by atoms with van der Waals surface area (Å²) in [6, 6.07) is 10.2. The predicted molar refractivity (Wildman–Crippen MR) is 151 cm³/mol. The van der Waals surface area contributed by atoms with E-state index >= 15 is 4.39 Å². The summed E-state index contributed by atoms with van der Waals surface area (Å²) in [5.41, 5.74) is 9.04. The third-order valence-corrected chi connectivity index (χ3v) is 7.25. The number of benzene rings is 2. The second-order valence-electron chi connectivity index (χ2n) is 9.73. The minimum atomic E-state index is -0.445. The number of imidazole rings is 1. The van der Waals surface area contributed by atoms with Crippen molar-refractivity contribution < 1.29 is 13.9 Å². The van der Waals surface area contributed by atoms with Gasteiger partial charge in [-0.15, -0.1) is 0 Å². The van der Waals surface area contributed by atoms with Crippen LogP contribution in [0.3, 0.4) is 0 Å². The average Bonchev–Trinajstić information content (AvgIpc) is 3.25. The van der Waals surface area contributed by atoms with E-state index in [4.69, 9.17) is 27.1 Å². The zero-order valence-electron chi connectivity index (χ0n) is 21.9. The third kappa shape index (κ3) is 4.89. The monoisotopic (exact) mass is 560 g/mol. The van der Waals surface area contributed by atoms with Gasteiger partial charge in [0.05, 0.1) is 23.3 Å². The maximum absolute atomic E-state index is 15.5. The number of hydrogen-bond donors (Lipinski definition) is 1. The van der Waals surface area contributed by atoms with E-state index in [0.29, 0.717) is 59.1 Å². The minimum absolute atomic E-state index is 0.202. The fraction of sp³-hybridized carbons (Fsp3) is 0.250. The summed E-state index contributed by atoms with van der Waals surface area (Å²) in [5, 5.41) is 3.24. The highest BCUT2D eigenvalue weighted by Gasteiger charge is 2.23. The van der Waals surface area contributed by atoms with Crippen LogP contribution in [0.15, 0.2) is 48.8 Å². The molecule has 0 saturated carbocycles. The van der Waals surface area contributed by atoms with Crippen LogP contribution in [0.25, 0.3) is 33.1 Å². The average molecular weight is 561 g/mol. The molecule has 0 aliphatic carbocycles. The molecule has 0 spiro atoms. The second kappa shape index (κ2) is 10.3. The molecule has 0 bridgehead atoms. The third-order valence-electron chi connectivity index (χ3n) is 6.93. The molecule has 204 valence electrons. The van der Waals surface area contributed by atoms with Crippen molar-refractivity contribution in [3.63, 3.8) is 0 Å². The lowest BCUT2D eigenvalue weighted by Crippen LogP contribution is -2.53. The number of primary amides is 1. The number of nitrogens with two attached hydrogens (primary N) is 1. The molecule has 2 N–H and O–H groups in total. The van der Waals surface area contributed by atoms with E-state index in [9.17, 15) is 4.79 Å². The number of piperazine rings is 1. The van der Waals surface area contributed by atoms with Crippen LogP contribution >= 0.6 is 11.6 Å². The topological polar surface area (TPSA) is 115 Å². The van der Waals surface area contributed by atoms with Crippen molar-refractivity contribution in [2.24, 2.45) is 5.73 Å². The molecule has 1 saturated heterocycles. The van der Waals surface area contributed by atoms with Gasteiger partial charge in [0, 0.05) is 66.7 Å². The Hall–Kier alpha value is -4.35. The molecular weight excluding hydrogens is 535 g/mol. The molecule has 6 rings (SSSR count). The molecule has 0 unspecified atom stereocenters. The Labute approximate surface area is 234 Å². The van der Waals surface area contributed by atoms with Crippen LogP contribution < -0.4 is 15.5 Å². The summed E-state index contributed by atoms with van der Waals surface area (Å²) in [7, 11) is 0. The van der Waals surface area contributed by atoms with E-state index in [-0.39, 0.29) is 18.5 Å². The lowest BCUT2D eigenvalue weighted by Gasteiger charge is -2.36. The van der Waals surface area contributed by atoms with Crippen molar-refractivity contribution in [1.29, 1.82) is 0 Å². The van der Waals surface area contributed by atoms with E-state index < -0.39 is 5.82 Å². The Morgan fingerprint density at radius 2 is 1.82 bits per heavy atom. The van der Waals surface area contributed by atoms with Gasteiger partial charge in [0.25, 0.3) is 0 Å². The Morgan fingerprint density at radius 3 is 2.55 bits per heavy atom. The number of carbonyl (C=O) groups excluding carboxylic acids is 1. The summed E-state index contributed by atoms with van der Waals surface area (Å²) in [5.74, 6) is 0.441. The summed E-state index contributed by atoms with van der Waals surface area (Å²) in [6.07, 6.45) is 3.27. The highest BCUT2D eigenvalue weighted by molar-refractivity contribution is 6.33. The number of amides is 1. The van der Waals surface area contributed by atoms with Crippen molar-refractivity contribution in [1.82, 2.24) is 29.5 Å². The molecule has 40 heavy (non-hydrogen) atoms. The highest BCUT2D eigenvalue weighted by atomic mass is 35.5. The molecule has 5 aromatic rings. The van der Waals surface area contributed by atoms with Crippen LogP contribution in [0, 0.1) is 19.7 Å². The van der Waals surface area contributed by atoms with Crippen molar-refractivity contribution in [3.05, 3.63) is 71.2 Å². The Morgan fingerprint density at radius 1 is 1.02 bits per heavy atom. The maximum Gasteiger partial charge on any atom is 0.322 e. The Balaban J connectivity index is 1.39. The number of aromatic nitrogens is 5. The molecule has 1 aliphatic heterocycles. The summed E-state index contributed by atoms with van der Waals surface area (Å²) in [4.78, 5) is 30.9. The van der Waals surface area contributed by atoms with Crippen molar-refractivity contribution in [2.75, 3.05) is 37.7 Å². The normalized spacial score (nSPS) is 14.2. The SMILES string of the molecule is Cc1ccnc(Oc2ccc(-c3cc4c(cc3F)ncc3nc(C)n(N5CCN(CC(N)=O)CC5)c34)c(Cl)c2)n1. The van der Waals surface area contributed by atoms with Gasteiger partial charge in [-0.25, -0.2) is 24.0 Å². The number of halogens is 2. The van der Waals surface area contributed by atoms with Gasteiger partial charge in [-0.1, -0.05) is 11.6 Å². The summed E-state index contributed by atoms with van der Waals surface area (Å²) in [6.45, 7) is 6.72. The van der Waals surface area contributed by atoms with Gasteiger partial charge >= 0.3 is 6.01 Å². The van der Waals surface area contributed by atoms with E-state index in [2.05, 4.69) is 24.6 Å². The van der Waals surface area contributed by atoms with Crippen LogP contribution in [-0.2, 0) is 4.79 Å². The van der Waals surface area contributed by atoms with E-state index in [1.807, 2.05) is 18.7 Å². The molecule has 1 aliphatic rings. The molecule has 10 nitrogen and oxygen atoms in total. The number of rotatable bonds is 6. The fourth-order valence-corrected chi connectivity index (χ4v) is 5.38. The van der Waals surface area contributed by atoms with Gasteiger partial charge < -0.3 is 15.5 Å². The number of fused-ring (bicyclic) bond motifs is 3. The number of pyridine rings is 1. The first-order valence-electron chi connectivity index (χ1n) is 12.8. The first kappa shape index (κ1) is 25.9. The first-order chi connectivity index (χ1) is 19.3. The van der Waals surface area contributed by atoms with Crippen LogP contribution in [0.4, 0.5) is 4.39 Å². The van der Waals surface area contributed by atoms with Gasteiger partial charge in [0.1, 0.15) is 28.4 Å². The number of nitrogens with zero attached hydrogens (tertiary/aromatic N) is 7. The summed E-state index contributed by atoms with van der Waals surface area (Å²) < 4.78 is 23.3. The standard InChI is InChI=1S/C28H26ClFN8O2/c1-16-5-6-32-28(34-16)40-18-3-4-19(22(29)11-18)20-12-21-24(13-23(20)30)33-14-25-27(21)38(17(2)35-25)37-9-7-36(8-10-37)15-26(31)39/h3-6,11-14H,7-10,15H2,1-2H3,(H2,31,39). The van der Waals surface area contributed by atoms with Crippen LogP contribution in [-0.4, -0.2) is 68.1 Å². The molecule has 1 amide bonds. The molecule has 0 radical (unpaired) electrons. The predicted octanol–water partition coefficient (Wildman–Crippen LogP) is 3.98. The molecule has 1 fully saturated rings. The van der Waals surface area contributed by atoms with E-state index in [1.54, 1.807) is 42.7 Å². The number of aryl methyl sites for hydroxylation is 2. The highest BCUT2D eigenvalue weighted by Crippen LogP contribution is 2.37. The molecule has 4 heterocycles. The van der Waals surface area contributed by atoms with Gasteiger partial charge in [0.2, 0.25) is 5.91 Å². The minimum Gasteiger partial charge on any atom is -0.424 e. The van der Waals surface area contributed by atoms with E-state index in [1.165, 1.54) is 6.07 Å². The quantitative estimate of drug-likeness (QED) is 0.331. The fourth-order valence-electron chi connectivity index (χ4n) is 5.10. The van der Waals surface area contributed by atoms with Crippen molar-refractivity contribution >= 4 is 39.4 Å². The Bertz CT molecular complexity index is 1770. The zero-order chi connectivity index (χ0) is 28.0. The summed E-state index contributed by atoms with van der Waals surface area (Å²) >= 11 is 6.64. The molecule has 2 aromatic carbocycles. The number of ether oxygens (including phenoxy) is 1.